The molecule has 3 rings (SSSR count). The van der Waals surface area contributed by atoms with Crippen LogP contribution >= 0.6 is 0 Å². The van der Waals surface area contributed by atoms with Gasteiger partial charge in [-0.1, -0.05) is 12.1 Å². The van der Waals surface area contributed by atoms with Gasteiger partial charge in [-0.05, 0) is 18.2 Å². The molecule has 8 nitrogen and oxygen atoms in total. The predicted octanol–water partition coefficient (Wildman–Crippen LogP) is 1.62. The summed E-state index contributed by atoms with van der Waals surface area (Å²) in [4.78, 5) is 24.2. The molecule has 0 saturated heterocycles. The molecule has 144 valence electrons. The predicted molar refractivity (Wildman–Crippen MR) is 94.3 cm³/mol. The summed E-state index contributed by atoms with van der Waals surface area (Å²) in [5.74, 6) is -2.04. The Morgan fingerprint density at radius 3 is 2.81 bits per heavy atom. The van der Waals surface area contributed by atoms with Gasteiger partial charge in [-0.25, -0.2) is 4.79 Å². The number of ether oxygens (including phenoxy) is 3. The average molecular weight is 376 g/mol. The first-order chi connectivity index (χ1) is 13.1. The molecule has 2 heterocycles. The summed E-state index contributed by atoms with van der Waals surface area (Å²) in [6, 6.07) is 6.87. The number of carboxylic acids is 1. The van der Waals surface area contributed by atoms with Crippen LogP contribution in [0.3, 0.4) is 0 Å². The molecule has 0 amide bonds. The minimum absolute atomic E-state index is 0.0916. The molecule has 0 aliphatic carbocycles. The molecular formula is C19H20O8. The van der Waals surface area contributed by atoms with Crippen LogP contribution < -0.4 is 5.43 Å². The van der Waals surface area contributed by atoms with Crippen LogP contribution in [0.25, 0.3) is 11.0 Å². The molecule has 27 heavy (non-hydrogen) atoms. The van der Waals surface area contributed by atoms with Crippen molar-refractivity contribution in [2.45, 2.75) is 18.6 Å². The Hall–Kier alpha value is -2.68. The van der Waals surface area contributed by atoms with Crippen LogP contribution in [0, 0.1) is 0 Å². The molecule has 1 aliphatic heterocycles. The first-order valence-corrected chi connectivity index (χ1v) is 8.52. The van der Waals surface area contributed by atoms with E-state index in [4.69, 9.17) is 23.7 Å². The summed E-state index contributed by atoms with van der Waals surface area (Å²) in [7, 11) is 0. The van der Waals surface area contributed by atoms with E-state index in [1.54, 1.807) is 24.3 Å². The molecule has 1 aromatic carbocycles. The molecule has 0 fully saturated rings. The van der Waals surface area contributed by atoms with Gasteiger partial charge < -0.3 is 28.8 Å². The summed E-state index contributed by atoms with van der Waals surface area (Å²) >= 11 is 0. The van der Waals surface area contributed by atoms with Crippen LogP contribution in [0.5, 0.6) is 0 Å². The number of rotatable bonds is 8. The number of carboxylic acid groups (broad SMARTS) is 1. The van der Waals surface area contributed by atoms with Crippen molar-refractivity contribution in [3.05, 3.63) is 58.2 Å². The molecule has 2 N–H and O–H groups in total. The zero-order valence-corrected chi connectivity index (χ0v) is 14.5. The normalized spacial score (nSPS) is 19.5. The van der Waals surface area contributed by atoms with Crippen molar-refractivity contribution in [1.29, 1.82) is 0 Å². The number of carbonyl (C=O) groups is 1. The third-order valence-corrected chi connectivity index (χ3v) is 4.14. The van der Waals surface area contributed by atoms with E-state index in [1.165, 1.54) is 12.3 Å². The van der Waals surface area contributed by atoms with Gasteiger partial charge in [0.05, 0.1) is 38.1 Å². The van der Waals surface area contributed by atoms with E-state index < -0.39 is 18.2 Å². The molecule has 1 aromatic heterocycles. The first-order valence-electron chi connectivity index (χ1n) is 8.52. The maximum atomic E-state index is 12.8. The van der Waals surface area contributed by atoms with Crippen LogP contribution in [0.4, 0.5) is 0 Å². The highest BCUT2D eigenvalue weighted by molar-refractivity contribution is 5.84. The first kappa shape index (κ1) is 19.1. The van der Waals surface area contributed by atoms with Gasteiger partial charge in [-0.15, -0.1) is 0 Å². The lowest BCUT2D eigenvalue weighted by molar-refractivity contribution is -0.160. The number of benzene rings is 1. The number of aliphatic hydroxyl groups excluding tert-OH is 1. The average Bonchev–Trinajstić information content (AvgIpc) is 2.68. The van der Waals surface area contributed by atoms with E-state index in [2.05, 4.69) is 0 Å². The Morgan fingerprint density at radius 1 is 1.22 bits per heavy atom. The second-order valence-electron chi connectivity index (χ2n) is 5.95. The highest BCUT2D eigenvalue weighted by Gasteiger charge is 2.30. The van der Waals surface area contributed by atoms with Gasteiger partial charge in [0.25, 0.3) is 0 Å². The summed E-state index contributed by atoms with van der Waals surface area (Å²) in [6.45, 7) is 0.494. The number of aliphatic hydroxyl groups is 1. The maximum absolute atomic E-state index is 12.8. The van der Waals surface area contributed by atoms with Gasteiger partial charge in [0, 0.05) is 17.9 Å². The van der Waals surface area contributed by atoms with Gasteiger partial charge in [0.15, 0.2) is 5.43 Å². The van der Waals surface area contributed by atoms with Crippen LogP contribution in [0.1, 0.15) is 17.9 Å². The Labute approximate surface area is 154 Å². The standard InChI is InChI=1S/C19H20O8/c20-5-6-24-7-8-25-17-10-12(9-16(27-17)19(22)23)14-11-26-15-4-2-1-3-13(15)18(14)21/h1-4,9,11-12,17,20H,5-8,10H2,(H,22,23). The molecule has 0 bridgehead atoms. The Balaban J connectivity index is 1.81. The van der Waals surface area contributed by atoms with Gasteiger partial charge in [0.2, 0.25) is 12.0 Å². The van der Waals surface area contributed by atoms with Crippen molar-refractivity contribution in [3.63, 3.8) is 0 Å². The molecule has 2 atom stereocenters. The largest absolute Gasteiger partial charge is 0.475 e. The number of hydrogen-bond donors (Lipinski definition) is 2. The van der Waals surface area contributed by atoms with E-state index in [1.807, 2.05) is 0 Å². The van der Waals surface area contributed by atoms with Gasteiger partial charge in [0.1, 0.15) is 5.58 Å². The van der Waals surface area contributed by atoms with Gasteiger partial charge >= 0.3 is 5.97 Å². The monoisotopic (exact) mass is 376 g/mol. The summed E-state index contributed by atoms with van der Waals surface area (Å²) in [5.41, 5.74) is 0.602. The molecule has 0 radical (unpaired) electrons. The van der Waals surface area contributed by atoms with Crippen molar-refractivity contribution in [2.75, 3.05) is 26.4 Å². The van der Waals surface area contributed by atoms with E-state index in [0.717, 1.165) is 0 Å². The van der Waals surface area contributed by atoms with Crippen LogP contribution in [0.15, 0.2) is 51.6 Å². The zero-order chi connectivity index (χ0) is 19.2. The molecular weight excluding hydrogens is 356 g/mol. The minimum Gasteiger partial charge on any atom is -0.475 e. The van der Waals surface area contributed by atoms with Gasteiger partial charge in [-0.2, -0.15) is 0 Å². The maximum Gasteiger partial charge on any atom is 0.370 e. The van der Waals surface area contributed by atoms with Crippen molar-refractivity contribution < 1.29 is 33.6 Å². The summed E-state index contributed by atoms with van der Waals surface area (Å²) in [6.07, 6.45) is 2.18. The molecule has 2 aromatic rings. The summed E-state index contributed by atoms with van der Waals surface area (Å²) < 4.78 is 21.5. The zero-order valence-electron chi connectivity index (χ0n) is 14.5. The topological polar surface area (TPSA) is 115 Å². The third-order valence-electron chi connectivity index (χ3n) is 4.14. The second kappa shape index (κ2) is 8.81. The summed E-state index contributed by atoms with van der Waals surface area (Å²) in [5, 5.41) is 18.4. The number of allylic oxidation sites excluding steroid dienone is 1. The smallest absolute Gasteiger partial charge is 0.370 e. The fourth-order valence-corrected chi connectivity index (χ4v) is 2.88. The Morgan fingerprint density at radius 2 is 2.04 bits per heavy atom. The molecule has 0 saturated carbocycles. The van der Waals surface area contributed by atoms with Crippen molar-refractivity contribution in [1.82, 2.24) is 0 Å². The lowest BCUT2D eigenvalue weighted by atomic mass is 9.93. The van der Waals surface area contributed by atoms with Crippen LogP contribution in [-0.2, 0) is 19.0 Å². The Kier molecular flexibility index (Phi) is 6.23. The lowest BCUT2D eigenvalue weighted by Gasteiger charge is -2.27. The fraction of sp³-hybridized carbons (Fsp3) is 0.368. The number of hydrogen-bond acceptors (Lipinski definition) is 7. The number of aliphatic carboxylic acids is 1. The van der Waals surface area contributed by atoms with E-state index >= 15 is 0 Å². The Bertz CT molecular complexity index is 885. The number of fused-ring (bicyclic) bond motifs is 1. The van der Waals surface area contributed by atoms with E-state index in [-0.39, 0.29) is 44.0 Å². The van der Waals surface area contributed by atoms with Crippen molar-refractivity contribution in [3.8, 4) is 0 Å². The van der Waals surface area contributed by atoms with Crippen LogP contribution in [-0.4, -0.2) is 48.9 Å². The molecule has 8 heteroatoms. The fourth-order valence-electron chi connectivity index (χ4n) is 2.88. The van der Waals surface area contributed by atoms with E-state index in [9.17, 15) is 14.7 Å². The van der Waals surface area contributed by atoms with E-state index in [0.29, 0.717) is 16.5 Å². The molecule has 1 aliphatic rings. The van der Waals surface area contributed by atoms with Crippen molar-refractivity contribution >= 4 is 16.9 Å². The third kappa shape index (κ3) is 4.54. The highest BCUT2D eigenvalue weighted by atomic mass is 16.7. The SMILES string of the molecule is O=C(O)C1=CC(c2coc3ccccc3c2=O)CC(OCCOCCO)O1. The lowest BCUT2D eigenvalue weighted by Crippen LogP contribution is -2.29. The van der Waals surface area contributed by atoms with Crippen LogP contribution in [0.2, 0.25) is 0 Å². The minimum atomic E-state index is -1.24. The number of para-hydroxylation sites is 1. The van der Waals surface area contributed by atoms with Crippen molar-refractivity contribution in [2.24, 2.45) is 0 Å². The van der Waals surface area contributed by atoms with Gasteiger partial charge in [-0.3, -0.25) is 4.79 Å². The molecule has 2 unspecified atom stereocenters. The second-order valence-corrected chi connectivity index (χ2v) is 5.95. The molecule has 0 spiro atoms. The quantitative estimate of drug-likeness (QED) is 0.668. The highest BCUT2D eigenvalue weighted by Crippen LogP contribution is 2.30.